The standard InChI is InChI=1S/C14H21N3O/c1-3-6-15-13-9-12(4-7-16-13)14(18)17-8-5-11(2)10-17/h4,7,9,11H,3,5-6,8,10H2,1-2H3,(H,15,16). The van der Waals surface area contributed by atoms with Crippen molar-refractivity contribution in [2.24, 2.45) is 5.92 Å². The highest BCUT2D eigenvalue weighted by molar-refractivity contribution is 5.95. The number of nitrogens with zero attached hydrogens (tertiary/aromatic N) is 2. The lowest BCUT2D eigenvalue weighted by Crippen LogP contribution is -2.28. The number of amides is 1. The van der Waals surface area contributed by atoms with Crippen LogP contribution in [0.15, 0.2) is 18.3 Å². The number of pyridine rings is 1. The first-order valence-corrected chi connectivity index (χ1v) is 6.70. The summed E-state index contributed by atoms with van der Waals surface area (Å²) in [7, 11) is 0. The SMILES string of the molecule is CCCNc1cc(C(=O)N2CCC(C)C2)ccn1. The molecule has 0 saturated carbocycles. The zero-order valence-corrected chi connectivity index (χ0v) is 11.1. The summed E-state index contributed by atoms with van der Waals surface area (Å²) in [5.41, 5.74) is 0.734. The normalized spacial score (nSPS) is 19.0. The molecule has 2 rings (SSSR count). The van der Waals surface area contributed by atoms with Crippen LogP contribution in [0.25, 0.3) is 0 Å². The molecule has 1 N–H and O–H groups in total. The van der Waals surface area contributed by atoms with Gasteiger partial charge in [0.2, 0.25) is 0 Å². The van der Waals surface area contributed by atoms with Gasteiger partial charge in [-0.25, -0.2) is 4.98 Å². The van der Waals surface area contributed by atoms with E-state index in [1.807, 2.05) is 11.0 Å². The lowest BCUT2D eigenvalue weighted by molar-refractivity contribution is 0.0788. The first-order chi connectivity index (χ1) is 8.70. The Morgan fingerprint density at radius 3 is 3.11 bits per heavy atom. The molecule has 0 bridgehead atoms. The van der Waals surface area contributed by atoms with Gasteiger partial charge in [-0.3, -0.25) is 4.79 Å². The summed E-state index contributed by atoms with van der Waals surface area (Å²) in [6, 6.07) is 3.64. The molecule has 0 spiro atoms. The molecule has 0 aliphatic carbocycles. The Kier molecular flexibility index (Phi) is 4.18. The Morgan fingerprint density at radius 1 is 1.61 bits per heavy atom. The monoisotopic (exact) mass is 247 g/mol. The van der Waals surface area contributed by atoms with Crippen molar-refractivity contribution in [1.82, 2.24) is 9.88 Å². The summed E-state index contributed by atoms with van der Waals surface area (Å²) in [6.07, 6.45) is 3.85. The third-order valence-electron chi connectivity index (χ3n) is 3.27. The van der Waals surface area contributed by atoms with Gasteiger partial charge in [-0.1, -0.05) is 13.8 Å². The summed E-state index contributed by atoms with van der Waals surface area (Å²) in [4.78, 5) is 18.4. The second-order valence-corrected chi connectivity index (χ2v) is 5.00. The fourth-order valence-electron chi connectivity index (χ4n) is 2.22. The summed E-state index contributed by atoms with van der Waals surface area (Å²) in [6.45, 7) is 6.92. The van der Waals surface area contributed by atoms with Crippen molar-refractivity contribution in [1.29, 1.82) is 0 Å². The molecule has 98 valence electrons. The highest BCUT2D eigenvalue weighted by Gasteiger charge is 2.24. The molecule has 1 saturated heterocycles. The van der Waals surface area contributed by atoms with Gasteiger partial charge in [-0.2, -0.15) is 0 Å². The van der Waals surface area contributed by atoms with Crippen molar-refractivity contribution in [3.63, 3.8) is 0 Å². The van der Waals surface area contributed by atoms with Crippen LogP contribution in [0.4, 0.5) is 5.82 Å². The molecule has 1 aliphatic rings. The minimum Gasteiger partial charge on any atom is -0.370 e. The molecule has 1 aliphatic heterocycles. The average molecular weight is 247 g/mol. The third-order valence-corrected chi connectivity index (χ3v) is 3.27. The zero-order valence-electron chi connectivity index (χ0n) is 11.1. The van der Waals surface area contributed by atoms with E-state index < -0.39 is 0 Å². The average Bonchev–Trinajstić information content (AvgIpc) is 2.82. The van der Waals surface area contributed by atoms with E-state index in [0.29, 0.717) is 5.92 Å². The number of likely N-dealkylation sites (tertiary alicyclic amines) is 1. The highest BCUT2D eigenvalue weighted by atomic mass is 16.2. The van der Waals surface area contributed by atoms with Gasteiger partial charge >= 0.3 is 0 Å². The van der Waals surface area contributed by atoms with Crippen LogP contribution >= 0.6 is 0 Å². The van der Waals surface area contributed by atoms with Crippen LogP contribution in [0.3, 0.4) is 0 Å². The number of aromatic nitrogens is 1. The zero-order chi connectivity index (χ0) is 13.0. The number of anilines is 1. The van der Waals surface area contributed by atoms with E-state index >= 15 is 0 Å². The van der Waals surface area contributed by atoms with E-state index in [2.05, 4.69) is 24.1 Å². The Labute approximate surface area is 108 Å². The second-order valence-electron chi connectivity index (χ2n) is 5.00. The van der Waals surface area contributed by atoms with E-state index in [0.717, 1.165) is 43.9 Å². The number of carbonyl (C=O) groups is 1. The quantitative estimate of drug-likeness (QED) is 0.888. The van der Waals surface area contributed by atoms with Gasteiger partial charge in [-0.15, -0.1) is 0 Å². The summed E-state index contributed by atoms with van der Waals surface area (Å²) >= 11 is 0. The fraction of sp³-hybridized carbons (Fsp3) is 0.571. The lowest BCUT2D eigenvalue weighted by atomic mass is 10.2. The predicted molar refractivity (Wildman–Crippen MR) is 72.7 cm³/mol. The van der Waals surface area contributed by atoms with Crippen molar-refractivity contribution in [2.75, 3.05) is 25.0 Å². The first-order valence-electron chi connectivity index (χ1n) is 6.70. The molecule has 1 unspecified atom stereocenters. The van der Waals surface area contributed by atoms with E-state index in [1.54, 1.807) is 12.3 Å². The molecule has 4 heteroatoms. The van der Waals surface area contributed by atoms with Gasteiger partial charge in [-0.05, 0) is 30.9 Å². The van der Waals surface area contributed by atoms with Gasteiger partial charge < -0.3 is 10.2 Å². The third kappa shape index (κ3) is 3.00. The van der Waals surface area contributed by atoms with Crippen LogP contribution in [-0.4, -0.2) is 35.4 Å². The molecular weight excluding hydrogens is 226 g/mol. The van der Waals surface area contributed by atoms with Crippen LogP contribution in [0, 0.1) is 5.92 Å². The molecule has 1 amide bonds. The summed E-state index contributed by atoms with van der Waals surface area (Å²) in [5.74, 6) is 1.53. The molecule has 2 heterocycles. The molecule has 1 aromatic rings. The Balaban J connectivity index is 2.05. The van der Waals surface area contributed by atoms with Gasteiger partial charge in [0.05, 0.1) is 0 Å². The molecule has 0 radical (unpaired) electrons. The highest BCUT2D eigenvalue weighted by Crippen LogP contribution is 2.18. The van der Waals surface area contributed by atoms with Crippen molar-refractivity contribution in [3.8, 4) is 0 Å². The van der Waals surface area contributed by atoms with Gasteiger partial charge in [0.15, 0.2) is 0 Å². The van der Waals surface area contributed by atoms with Gasteiger partial charge in [0.1, 0.15) is 5.82 Å². The number of hydrogen-bond acceptors (Lipinski definition) is 3. The summed E-state index contributed by atoms with van der Waals surface area (Å²) in [5, 5.41) is 3.21. The van der Waals surface area contributed by atoms with Crippen molar-refractivity contribution < 1.29 is 4.79 Å². The summed E-state index contributed by atoms with van der Waals surface area (Å²) < 4.78 is 0. The first kappa shape index (κ1) is 12.9. The van der Waals surface area contributed by atoms with E-state index in [9.17, 15) is 4.79 Å². The molecule has 18 heavy (non-hydrogen) atoms. The predicted octanol–water partition coefficient (Wildman–Crippen LogP) is 2.39. The number of rotatable bonds is 4. The minimum atomic E-state index is 0.126. The van der Waals surface area contributed by atoms with E-state index in [-0.39, 0.29) is 5.91 Å². The molecular formula is C14H21N3O. The van der Waals surface area contributed by atoms with Gasteiger partial charge in [0, 0.05) is 31.4 Å². The smallest absolute Gasteiger partial charge is 0.254 e. The molecule has 0 aromatic carbocycles. The van der Waals surface area contributed by atoms with Crippen LogP contribution in [0.2, 0.25) is 0 Å². The second kappa shape index (κ2) is 5.85. The van der Waals surface area contributed by atoms with E-state index in [1.165, 1.54) is 0 Å². The van der Waals surface area contributed by atoms with E-state index in [4.69, 9.17) is 0 Å². The Hall–Kier alpha value is -1.58. The maximum absolute atomic E-state index is 12.3. The van der Waals surface area contributed by atoms with Crippen LogP contribution in [-0.2, 0) is 0 Å². The number of carbonyl (C=O) groups excluding carboxylic acids is 1. The van der Waals surface area contributed by atoms with Crippen molar-refractivity contribution in [2.45, 2.75) is 26.7 Å². The maximum atomic E-state index is 12.3. The molecule has 1 aromatic heterocycles. The van der Waals surface area contributed by atoms with Crippen molar-refractivity contribution in [3.05, 3.63) is 23.9 Å². The Morgan fingerprint density at radius 2 is 2.44 bits per heavy atom. The number of hydrogen-bond donors (Lipinski definition) is 1. The maximum Gasteiger partial charge on any atom is 0.254 e. The molecule has 1 fully saturated rings. The topological polar surface area (TPSA) is 45.2 Å². The molecule has 4 nitrogen and oxygen atoms in total. The minimum absolute atomic E-state index is 0.126. The largest absolute Gasteiger partial charge is 0.370 e. The van der Waals surface area contributed by atoms with Crippen molar-refractivity contribution >= 4 is 11.7 Å². The van der Waals surface area contributed by atoms with Gasteiger partial charge in [0.25, 0.3) is 5.91 Å². The fourth-order valence-corrected chi connectivity index (χ4v) is 2.22. The molecule has 1 atom stereocenters. The lowest BCUT2D eigenvalue weighted by Gasteiger charge is -2.16. The van der Waals surface area contributed by atoms with Crippen LogP contribution in [0.1, 0.15) is 37.0 Å². The number of nitrogens with one attached hydrogen (secondary N) is 1. The van der Waals surface area contributed by atoms with Crippen LogP contribution < -0.4 is 5.32 Å². The Bertz CT molecular complexity index is 419. The van der Waals surface area contributed by atoms with Crippen LogP contribution in [0.5, 0.6) is 0 Å².